The van der Waals surface area contributed by atoms with Gasteiger partial charge >= 0.3 is 0 Å². The third kappa shape index (κ3) is 3.07. The lowest BCUT2D eigenvalue weighted by molar-refractivity contribution is 0.0624. The minimum Gasteiger partial charge on any atom is -0.379 e. The predicted octanol–water partition coefficient (Wildman–Crippen LogP) is 2.67. The Morgan fingerprint density at radius 3 is 3.06 bits per heavy atom. The summed E-state index contributed by atoms with van der Waals surface area (Å²) in [6.45, 7) is 3.37. The van der Waals surface area contributed by atoms with Gasteiger partial charge in [0.05, 0.1) is 12.6 Å². The molecule has 0 spiro atoms. The van der Waals surface area contributed by atoms with E-state index in [4.69, 9.17) is 4.74 Å². The molecular weight excluding hydrogens is 282 g/mol. The van der Waals surface area contributed by atoms with Crippen LogP contribution in [0.15, 0.2) is 22.7 Å². The summed E-state index contributed by atoms with van der Waals surface area (Å²) in [5.74, 6) is -0.0145. The van der Waals surface area contributed by atoms with Crippen LogP contribution in [0, 0.1) is 6.92 Å². The lowest BCUT2D eigenvalue weighted by Gasteiger charge is -2.23. The fourth-order valence-corrected chi connectivity index (χ4v) is 2.34. The number of halogens is 1. The highest BCUT2D eigenvalue weighted by Gasteiger charge is 2.18. The predicted molar refractivity (Wildman–Crippen MR) is 70.2 cm³/mol. The molecule has 0 radical (unpaired) electrons. The van der Waals surface area contributed by atoms with Gasteiger partial charge in [-0.15, -0.1) is 0 Å². The number of ether oxygens (including phenoxy) is 1. The molecule has 1 amide bonds. The van der Waals surface area contributed by atoms with Crippen LogP contribution in [0.4, 0.5) is 0 Å². The molecule has 2 rings (SSSR count). The van der Waals surface area contributed by atoms with Crippen LogP contribution in [0.5, 0.6) is 0 Å². The fourth-order valence-electron chi connectivity index (χ4n) is 1.97. The van der Waals surface area contributed by atoms with Gasteiger partial charge in [0.15, 0.2) is 0 Å². The van der Waals surface area contributed by atoms with E-state index in [9.17, 15) is 4.79 Å². The monoisotopic (exact) mass is 297 g/mol. The summed E-state index contributed by atoms with van der Waals surface area (Å²) < 4.78 is 6.31. The maximum atomic E-state index is 12.1. The van der Waals surface area contributed by atoms with Crippen molar-refractivity contribution >= 4 is 21.8 Å². The number of carbonyl (C=O) groups is 1. The molecule has 92 valence electrons. The van der Waals surface area contributed by atoms with E-state index in [1.165, 1.54) is 0 Å². The Hall–Kier alpha value is -0.870. The second-order valence-electron chi connectivity index (χ2n) is 4.30. The average molecular weight is 298 g/mol. The third-order valence-electron chi connectivity index (χ3n) is 3.01. The van der Waals surface area contributed by atoms with Crippen molar-refractivity contribution in [1.29, 1.82) is 0 Å². The third-order valence-corrected chi connectivity index (χ3v) is 3.87. The summed E-state index contributed by atoms with van der Waals surface area (Å²) in [5.41, 5.74) is 1.70. The zero-order valence-electron chi connectivity index (χ0n) is 9.83. The molecule has 1 atom stereocenters. The molecule has 0 aromatic heterocycles. The van der Waals surface area contributed by atoms with Crippen LogP contribution in [0.1, 0.15) is 28.8 Å². The van der Waals surface area contributed by atoms with Gasteiger partial charge in [-0.2, -0.15) is 0 Å². The molecule has 1 aromatic rings. The minimum absolute atomic E-state index is 0.0145. The van der Waals surface area contributed by atoms with Crippen LogP contribution in [-0.4, -0.2) is 25.2 Å². The standard InChI is InChI=1S/C13H16BrNO2/c1-9-11(5-2-6-12(9)14)13(16)15-10-4-3-7-17-8-10/h2,5-6,10H,3-4,7-8H2,1H3,(H,15,16). The van der Waals surface area contributed by atoms with Crippen molar-refractivity contribution in [3.8, 4) is 0 Å². The smallest absolute Gasteiger partial charge is 0.251 e. The largest absolute Gasteiger partial charge is 0.379 e. The van der Waals surface area contributed by atoms with Crippen molar-refractivity contribution in [3.05, 3.63) is 33.8 Å². The van der Waals surface area contributed by atoms with Crippen LogP contribution in [0.25, 0.3) is 0 Å². The summed E-state index contributed by atoms with van der Waals surface area (Å²) in [4.78, 5) is 12.1. The molecule has 4 heteroatoms. The van der Waals surface area contributed by atoms with Crippen molar-refractivity contribution in [3.63, 3.8) is 0 Å². The van der Waals surface area contributed by atoms with Crippen molar-refractivity contribution in [1.82, 2.24) is 5.32 Å². The lowest BCUT2D eigenvalue weighted by atomic mass is 10.1. The van der Waals surface area contributed by atoms with Gasteiger partial charge in [0, 0.05) is 16.6 Å². The molecule has 1 saturated heterocycles. The van der Waals surface area contributed by atoms with Crippen LogP contribution in [0.3, 0.4) is 0 Å². The molecule has 0 saturated carbocycles. The molecule has 1 aliphatic heterocycles. The van der Waals surface area contributed by atoms with Crippen molar-refractivity contribution in [2.24, 2.45) is 0 Å². The molecule has 1 heterocycles. The number of benzene rings is 1. The highest BCUT2D eigenvalue weighted by atomic mass is 79.9. The van der Waals surface area contributed by atoms with E-state index in [-0.39, 0.29) is 11.9 Å². The Kier molecular flexibility index (Phi) is 4.18. The summed E-state index contributed by atoms with van der Waals surface area (Å²) in [7, 11) is 0. The maximum absolute atomic E-state index is 12.1. The summed E-state index contributed by atoms with van der Waals surface area (Å²) in [5, 5.41) is 3.02. The molecule has 1 aliphatic rings. The van der Waals surface area contributed by atoms with Crippen molar-refractivity contribution in [2.75, 3.05) is 13.2 Å². The molecular formula is C13H16BrNO2. The second-order valence-corrected chi connectivity index (χ2v) is 5.15. The second kappa shape index (κ2) is 5.65. The number of nitrogens with one attached hydrogen (secondary N) is 1. The first-order valence-corrected chi connectivity index (χ1v) is 6.61. The Bertz CT molecular complexity index is 414. The highest BCUT2D eigenvalue weighted by molar-refractivity contribution is 9.10. The van der Waals surface area contributed by atoms with Crippen LogP contribution in [-0.2, 0) is 4.74 Å². The molecule has 1 fully saturated rings. The Labute approximate surface area is 110 Å². The fraction of sp³-hybridized carbons (Fsp3) is 0.462. The van der Waals surface area contributed by atoms with Gasteiger partial charge in [-0.25, -0.2) is 0 Å². The molecule has 3 nitrogen and oxygen atoms in total. The van der Waals surface area contributed by atoms with E-state index in [1.54, 1.807) is 0 Å². The van der Waals surface area contributed by atoms with Gasteiger partial charge < -0.3 is 10.1 Å². The summed E-state index contributed by atoms with van der Waals surface area (Å²) in [6, 6.07) is 5.81. The first kappa shape index (κ1) is 12.6. The number of rotatable bonds is 2. The van der Waals surface area contributed by atoms with E-state index < -0.39 is 0 Å². The Balaban J connectivity index is 2.06. The molecule has 0 aliphatic carbocycles. The number of carbonyl (C=O) groups excluding carboxylic acids is 1. The molecule has 1 N–H and O–H groups in total. The average Bonchev–Trinajstić information content (AvgIpc) is 2.34. The van der Waals surface area contributed by atoms with Crippen LogP contribution >= 0.6 is 15.9 Å². The molecule has 1 unspecified atom stereocenters. The van der Waals surface area contributed by atoms with Gasteiger partial charge in [-0.05, 0) is 37.5 Å². The normalized spacial score (nSPS) is 20.0. The first-order valence-electron chi connectivity index (χ1n) is 5.82. The van der Waals surface area contributed by atoms with E-state index in [1.807, 2.05) is 25.1 Å². The van der Waals surface area contributed by atoms with Crippen molar-refractivity contribution < 1.29 is 9.53 Å². The van der Waals surface area contributed by atoms with Gasteiger partial charge in [-0.1, -0.05) is 22.0 Å². The number of hydrogen-bond donors (Lipinski definition) is 1. The van der Waals surface area contributed by atoms with E-state index >= 15 is 0 Å². The van der Waals surface area contributed by atoms with Gasteiger partial charge in [0.25, 0.3) is 5.91 Å². The summed E-state index contributed by atoms with van der Waals surface area (Å²) in [6.07, 6.45) is 2.02. The minimum atomic E-state index is -0.0145. The van der Waals surface area contributed by atoms with Crippen LogP contribution in [0.2, 0.25) is 0 Å². The van der Waals surface area contributed by atoms with E-state index in [2.05, 4.69) is 21.2 Å². The quantitative estimate of drug-likeness (QED) is 0.911. The highest BCUT2D eigenvalue weighted by Crippen LogP contribution is 2.19. The van der Waals surface area contributed by atoms with E-state index in [0.717, 1.165) is 35.0 Å². The Morgan fingerprint density at radius 2 is 2.35 bits per heavy atom. The maximum Gasteiger partial charge on any atom is 0.251 e. The van der Waals surface area contributed by atoms with E-state index in [0.29, 0.717) is 6.61 Å². The molecule has 0 bridgehead atoms. The first-order chi connectivity index (χ1) is 8.18. The molecule has 17 heavy (non-hydrogen) atoms. The zero-order valence-corrected chi connectivity index (χ0v) is 11.4. The van der Waals surface area contributed by atoms with Gasteiger partial charge in [0.1, 0.15) is 0 Å². The van der Waals surface area contributed by atoms with Crippen molar-refractivity contribution in [2.45, 2.75) is 25.8 Å². The van der Waals surface area contributed by atoms with Gasteiger partial charge in [0.2, 0.25) is 0 Å². The van der Waals surface area contributed by atoms with Crippen LogP contribution < -0.4 is 5.32 Å². The topological polar surface area (TPSA) is 38.3 Å². The summed E-state index contributed by atoms with van der Waals surface area (Å²) >= 11 is 3.43. The lowest BCUT2D eigenvalue weighted by Crippen LogP contribution is -2.40. The number of amides is 1. The Morgan fingerprint density at radius 1 is 1.53 bits per heavy atom. The molecule has 1 aromatic carbocycles. The van der Waals surface area contributed by atoms with Gasteiger partial charge in [-0.3, -0.25) is 4.79 Å². The zero-order chi connectivity index (χ0) is 12.3. The SMILES string of the molecule is Cc1c(Br)cccc1C(=O)NC1CCCOC1. The number of hydrogen-bond acceptors (Lipinski definition) is 2.